The Morgan fingerprint density at radius 2 is 2.00 bits per heavy atom. The molecule has 0 aliphatic heterocycles. The van der Waals surface area contributed by atoms with Crippen LogP contribution in [0.25, 0.3) is 0 Å². The van der Waals surface area contributed by atoms with E-state index in [2.05, 4.69) is 0 Å². The third-order valence-corrected chi connectivity index (χ3v) is 3.13. The predicted octanol–water partition coefficient (Wildman–Crippen LogP) is 2.92. The fourth-order valence-corrected chi connectivity index (χ4v) is 1.96. The van der Waals surface area contributed by atoms with Gasteiger partial charge in [0.2, 0.25) is 0 Å². The number of rotatable bonds is 4. The average molecular weight is 206 g/mol. The molecule has 1 aromatic carbocycles. The molecule has 2 rings (SSSR count). The summed E-state index contributed by atoms with van der Waals surface area (Å²) in [4.78, 5) is 0. The summed E-state index contributed by atoms with van der Waals surface area (Å²) in [6.45, 7) is 2.65. The molecule has 0 spiro atoms. The first-order valence-corrected chi connectivity index (χ1v) is 5.72. The third kappa shape index (κ3) is 2.32. The zero-order valence-electron chi connectivity index (χ0n) is 9.15. The summed E-state index contributed by atoms with van der Waals surface area (Å²) in [7, 11) is 0. The minimum absolute atomic E-state index is 0.283. The molecule has 0 bridgehead atoms. The van der Waals surface area contributed by atoms with Gasteiger partial charge in [0.1, 0.15) is 5.75 Å². The second-order valence-corrected chi connectivity index (χ2v) is 4.14. The number of hydrogen-bond donors (Lipinski definition) is 1. The molecular weight excluding hydrogens is 188 g/mol. The van der Waals surface area contributed by atoms with E-state index in [1.165, 1.54) is 6.42 Å². The van der Waals surface area contributed by atoms with E-state index in [1.807, 2.05) is 31.2 Å². The van der Waals surface area contributed by atoms with Crippen LogP contribution in [0.2, 0.25) is 0 Å². The second-order valence-electron chi connectivity index (χ2n) is 4.14. The first kappa shape index (κ1) is 10.5. The number of aliphatic hydroxyl groups excluding tert-OH is 1. The lowest BCUT2D eigenvalue weighted by atomic mass is 9.79. The summed E-state index contributed by atoms with van der Waals surface area (Å²) in [5.74, 6) is 1.35. The highest BCUT2D eigenvalue weighted by Crippen LogP contribution is 2.37. The molecule has 0 heterocycles. The molecule has 1 fully saturated rings. The molecule has 82 valence electrons. The largest absolute Gasteiger partial charge is 0.494 e. The molecule has 1 N–H and O–H groups in total. The Hall–Kier alpha value is -1.02. The van der Waals surface area contributed by atoms with Crippen molar-refractivity contribution in [3.8, 4) is 5.75 Å². The third-order valence-electron chi connectivity index (χ3n) is 3.13. The molecule has 2 nitrogen and oxygen atoms in total. The van der Waals surface area contributed by atoms with Gasteiger partial charge in [0.25, 0.3) is 0 Å². The van der Waals surface area contributed by atoms with Gasteiger partial charge in [-0.2, -0.15) is 0 Å². The number of hydrogen-bond acceptors (Lipinski definition) is 2. The van der Waals surface area contributed by atoms with Crippen LogP contribution >= 0.6 is 0 Å². The standard InChI is InChI=1S/C13H18O2/c1-2-15-12-8-6-11(7-9-12)13(14)10-4-3-5-10/h6-10,13-14H,2-5H2,1H3. The van der Waals surface area contributed by atoms with Crippen molar-refractivity contribution < 1.29 is 9.84 Å². The van der Waals surface area contributed by atoms with Crippen LogP contribution in [0.4, 0.5) is 0 Å². The van der Waals surface area contributed by atoms with E-state index < -0.39 is 0 Å². The summed E-state index contributed by atoms with van der Waals surface area (Å²) in [6, 6.07) is 7.80. The zero-order valence-corrected chi connectivity index (χ0v) is 9.15. The van der Waals surface area contributed by atoms with Crippen molar-refractivity contribution in [3.63, 3.8) is 0 Å². The van der Waals surface area contributed by atoms with Crippen molar-refractivity contribution in [2.24, 2.45) is 5.92 Å². The Balaban J connectivity index is 2.02. The van der Waals surface area contributed by atoms with E-state index in [-0.39, 0.29) is 6.10 Å². The SMILES string of the molecule is CCOc1ccc(C(O)C2CCC2)cc1. The smallest absolute Gasteiger partial charge is 0.119 e. The minimum Gasteiger partial charge on any atom is -0.494 e. The topological polar surface area (TPSA) is 29.5 Å². The monoisotopic (exact) mass is 206 g/mol. The molecule has 1 atom stereocenters. The molecule has 0 radical (unpaired) electrons. The molecule has 1 aliphatic rings. The van der Waals surface area contributed by atoms with Gasteiger partial charge in [-0.1, -0.05) is 18.6 Å². The van der Waals surface area contributed by atoms with Gasteiger partial charge in [-0.15, -0.1) is 0 Å². The molecule has 1 saturated carbocycles. The highest BCUT2D eigenvalue weighted by Gasteiger charge is 2.26. The molecule has 1 unspecified atom stereocenters. The van der Waals surface area contributed by atoms with Gasteiger partial charge in [0.05, 0.1) is 12.7 Å². The fraction of sp³-hybridized carbons (Fsp3) is 0.538. The summed E-state index contributed by atoms with van der Waals surface area (Å²) in [5, 5.41) is 10.0. The van der Waals surface area contributed by atoms with Gasteiger partial charge >= 0.3 is 0 Å². The summed E-state index contributed by atoms with van der Waals surface area (Å²) < 4.78 is 5.36. The molecule has 1 aliphatic carbocycles. The Morgan fingerprint density at radius 3 is 2.47 bits per heavy atom. The van der Waals surface area contributed by atoms with Gasteiger partial charge in [0, 0.05) is 0 Å². The summed E-state index contributed by atoms with van der Waals surface area (Å²) >= 11 is 0. The summed E-state index contributed by atoms with van der Waals surface area (Å²) in [6.07, 6.45) is 3.30. The maximum absolute atomic E-state index is 10.0. The van der Waals surface area contributed by atoms with Gasteiger partial charge in [-0.3, -0.25) is 0 Å². The molecule has 0 amide bonds. The van der Waals surface area contributed by atoms with E-state index >= 15 is 0 Å². The minimum atomic E-state index is -0.283. The zero-order chi connectivity index (χ0) is 10.7. The highest BCUT2D eigenvalue weighted by molar-refractivity contribution is 5.29. The van der Waals surface area contributed by atoms with Crippen LogP contribution in [0.15, 0.2) is 24.3 Å². The van der Waals surface area contributed by atoms with Crippen LogP contribution in [-0.4, -0.2) is 11.7 Å². The van der Waals surface area contributed by atoms with Crippen molar-refractivity contribution in [1.82, 2.24) is 0 Å². The van der Waals surface area contributed by atoms with Crippen LogP contribution in [0.5, 0.6) is 5.75 Å². The maximum atomic E-state index is 10.0. The Kier molecular flexibility index (Phi) is 3.27. The van der Waals surface area contributed by atoms with Crippen LogP contribution < -0.4 is 4.74 Å². The average Bonchev–Trinajstić information content (AvgIpc) is 2.16. The normalized spacial score (nSPS) is 18.3. The predicted molar refractivity (Wildman–Crippen MR) is 59.9 cm³/mol. The van der Waals surface area contributed by atoms with Crippen LogP contribution in [0.1, 0.15) is 37.9 Å². The lowest BCUT2D eigenvalue weighted by Crippen LogP contribution is -2.19. The lowest BCUT2D eigenvalue weighted by Gasteiger charge is -2.30. The van der Waals surface area contributed by atoms with Gasteiger partial charge in [-0.25, -0.2) is 0 Å². The maximum Gasteiger partial charge on any atom is 0.119 e. The van der Waals surface area contributed by atoms with Gasteiger partial charge < -0.3 is 9.84 Å². The molecule has 1 aromatic rings. The van der Waals surface area contributed by atoms with Crippen molar-refractivity contribution >= 4 is 0 Å². The van der Waals surface area contributed by atoms with Crippen molar-refractivity contribution in [2.75, 3.05) is 6.61 Å². The van der Waals surface area contributed by atoms with E-state index in [9.17, 15) is 5.11 Å². The van der Waals surface area contributed by atoms with E-state index in [4.69, 9.17) is 4.74 Å². The van der Waals surface area contributed by atoms with Crippen molar-refractivity contribution in [3.05, 3.63) is 29.8 Å². The quantitative estimate of drug-likeness (QED) is 0.820. The van der Waals surface area contributed by atoms with Crippen molar-refractivity contribution in [1.29, 1.82) is 0 Å². The molecule has 15 heavy (non-hydrogen) atoms. The molecule has 0 saturated heterocycles. The Labute approximate surface area is 90.9 Å². The second kappa shape index (κ2) is 4.67. The van der Waals surface area contributed by atoms with Crippen LogP contribution in [0, 0.1) is 5.92 Å². The van der Waals surface area contributed by atoms with Crippen LogP contribution in [0.3, 0.4) is 0 Å². The van der Waals surface area contributed by atoms with E-state index in [0.29, 0.717) is 12.5 Å². The fourth-order valence-electron chi connectivity index (χ4n) is 1.96. The molecular formula is C13H18O2. The van der Waals surface area contributed by atoms with Gasteiger partial charge in [-0.05, 0) is 43.4 Å². The first-order chi connectivity index (χ1) is 7.31. The van der Waals surface area contributed by atoms with Crippen LogP contribution in [-0.2, 0) is 0 Å². The summed E-state index contributed by atoms with van der Waals surface area (Å²) in [5.41, 5.74) is 1.02. The highest BCUT2D eigenvalue weighted by atomic mass is 16.5. The number of benzene rings is 1. The first-order valence-electron chi connectivity index (χ1n) is 5.72. The van der Waals surface area contributed by atoms with Crippen molar-refractivity contribution in [2.45, 2.75) is 32.3 Å². The lowest BCUT2D eigenvalue weighted by molar-refractivity contribution is 0.0620. The molecule has 2 heteroatoms. The van der Waals surface area contributed by atoms with E-state index in [1.54, 1.807) is 0 Å². The number of ether oxygens (including phenoxy) is 1. The van der Waals surface area contributed by atoms with E-state index in [0.717, 1.165) is 24.2 Å². The molecule has 0 aromatic heterocycles. The Bertz CT molecular complexity index is 301. The van der Waals surface area contributed by atoms with Gasteiger partial charge in [0.15, 0.2) is 0 Å². The Morgan fingerprint density at radius 1 is 1.33 bits per heavy atom. The number of aliphatic hydroxyl groups is 1.